The molecule has 1 aliphatic rings. The second-order valence-electron chi connectivity index (χ2n) is 6.29. The van der Waals surface area contributed by atoms with Crippen molar-refractivity contribution in [3.63, 3.8) is 0 Å². The number of amides is 1. The first-order valence-corrected chi connectivity index (χ1v) is 7.23. The fourth-order valence-electron chi connectivity index (χ4n) is 2.51. The van der Waals surface area contributed by atoms with Crippen molar-refractivity contribution in [2.45, 2.75) is 38.3 Å². The summed E-state index contributed by atoms with van der Waals surface area (Å²) in [6.45, 7) is 7.14. The molecule has 1 aliphatic heterocycles. The van der Waals surface area contributed by atoms with Gasteiger partial charge in [0.2, 0.25) is 0 Å². The first-order chi connectivity index (χ1) is 9.89. The Balaban J connectivity index is 2.04. The first kappa shape index (κ1) is 15.6. The van der Waals surface area contributed by atoms with Crippen molar-refractivity contribution in [3.8, 4) is 5.75 Å². The third-order valence-electron chi connectivity index (χ3n) is 3.44. The van der Waals surface area contributed by atoms with E-state index in [1.807, 2.05) is 39.0 Å². The Morgan fingerprint density at radius 3 is 2.76 bits per heavy atom. The molecular weight excluding hydrogens is 268 g/mol. The molecule has 0 aromatic heterocycles. The first-order valence-electron chi connectivity index (χ1n) is 7.23. The topological polar surface area (TPSA) is 59.6 Å². The van der Waals surface area contributed by atoms with Crippen LogP contribution in [0.1, 0.15) is 32.3 Å². The van der Waals surface area contributed by atoms with Gasteiger partial charge < -0.3 is 20.1 Å². The number of carbonyl (C=O) groups excluding carboxylic acids is 1. The maximum atomic E-state index is 11.9. The number of nitrogens with one attached hydrogen (secondary N) is 2. The van der Waals surface area contributed by atoms with Crippen molar-refractivity contribution < 1.29 is 14.3 Å². The van der Waals surface area contributed by atoms with E-state index in [0.717, 1.165) is 24.4 Å². The molecule has 0 spiro atoms. The molecule has 0 bridgehead atoms. The monoisotopic (exact) mass is 292 g/mol. The van der Waals surface area contributed by atoms with Gasteiger partial charge in [-0.3, -0.25) is 0 Å². The highest BCUT2D eigenvalue weighted by atomic mass is 16.6. The Morgan fingerprint density at radius 1 is 1.33 bits per heavy atom. The van der Waals surface area contributed by atoms with Gasteiger partial charge >= 0.3 is 6.09 Å². The van der Waals surface area contributed by atoms with Gasteiger partial charge in [0.15, 0.2) is 0 Å². The van der Waals surface area contributed by atoms with Gasteiger partial charge in [0.05, 0.1) is 13.2 Å². The van der Waals surface area contributed by atoms with Crippen LogP contribution in [0, 0.1) is 0 Å². The van der Waals surface area contributed by atoms with Crippen LogP contribution in [0.5, 0.6) is 5.75 Å². The SMILES string of the molecule is COc1cccc(C2CNCC2NC(=O)OC(C)(C)C)c1. The molecule has 1 aromatic rings. The molecule has 0 saturated carbocycles. The molecule has 2 unspecified atom stereocenters. The largest absolute Gasteiger partial charge is 0.497 e. The van der Waals surface area contributed by atoms with E-state index in [1.54, 1.807) is 7.11 Å². The highest BCUT2D eigenvalue weighted by Crippen LogP contribution is 2.26. The van der Waals surface area contributed by atoms with Crippen LogP contribution in [0.15, 0.2) is 24.3 Å². The third-order valence-corrected chi connectivity index (χ3v) is 3.44. The number of alkyl carbamates (subject to hydrolysis) is 1. The molecule has 1 saturated heterocycles. The van der Waals surface area contributed by atoms with Gasteiger partial charge in [0, 0.05) is 19.0 Å². The van der Waals surface area contributed by atoms with E-state index in [2.05, 4.69) is 16.7 Å². The Kier molecular flexibility index (Phi) is 4.73. The van der Waals surface area contributed by atoms with Gasteiger partial charge in [-0.15, -0.1) is 0 Å². The van der Waals surface area contributed by atoms with E-state index in [-0.39, 0.29) is 18.1 Å². The summed E-state index contributed by atoms with van der Waals surface area (Å²) in [5.41, 5.74) is 0.669. The fraction of sp³-hybridized carbons (Fsp3) is 0.562. The zero-order valence-electron chi connectivity index (χ0n) is 13.1. The molecule has 2 atom stereocenters. The Hall–Kier alpha value is -1.75. The molecule has 1 fully saturated rings. The van der Waals surface area contributed by atoms with Crippen LogP contribution in [-0.2, 0) is 4.74 Å². The van der Waals surface area contributed by atoms with Crippen molar-refractivity contribution in [1.29, 1.82) is 0 Å². The minimum absolute atomic E-state index is 0.0203. The number of carbonyl (C=O) groups is 1. The minimum Gasteiger partial charge on any atom is -0.497 e. The van der Waals surface area contributed by atoms with Crippen LogP contribution in [0.4, 0.5) is 4.79 Å². The van der Waals surface area contributed by atoms with Gasteiger partial charge in [0.1, 0.15) is 11.4 Å². The van der Waals surface area contributed by atoms with Crippen LogP contribution in [0.3, 0.4) is 0 Å². The van der Waals surface area contributed by atoms with Crippen molar-refractivity contribution in [3.05, 3.63) is 29.8 Å². The highest BCUT2D eigenvalue weighted by molar-refractivity contribution is 5.68. The molecule has 0 radical (unpaired) electrons. The van der Waals surface area contributed by atoms with Gasteiger partial charge in [-0.1, -0.05) is 12.1 Å². The quantitative estimate of drug-likeness (QED) is 0.897. The lowest BCUT2D eigenvalue weighted by Crippen LogP contribution is -2.42. The van der Waals surface area contributed by atoms with Crippen molar-refractivity contribution in [1.82, 2.24) is 10.6 Å². The van der Waals surface area contributed by atoms with Crippen molar-refractivity contribution in [2.75, 3.05) is 20.2 Å². The highest BCUT2D eigenvalue weighted by Gasteiger charge is 2.31. The van der Waals surface area contributed by atoms with E-state index in [9.17, 15) is 4.79 Å². The standard InChI is InChI=1S/C16H24N2O3/c1-16(2,3)21-15(19)18-14-10-17-9-13(14)11-6-5-7-12(8-11)20-4/h5-8,13-14,17H,9-10H2,1-4H3,(H,18,19). The maximum Gasteiger partial charge on any atom is 0.407 e. The number of rotatable bonds is 3. The average molecular weight is 292 g/mol. The summed E-state index contributed by atoms with van der Waals surface area (Å²) in [5, 5.41) is 6.27. The summed E-state index contributed by atoms with van der Waals surface area (Å²) < 4.78 is 10.6. The van der Waals surface area contributed by atoms with Crippen molar-refractivity contribution in [2.24, 2.45) is 0 Å². The zero-order chi connectivity index (χ0) is 15.5. The average Bonchev–Trinajstić information content (AvgIpc) is 2.84. The Morgan fingerprint density at radius 2 is 2.10 bits per heavy atom. The summed E-state index contributed by atoms with van der Waals surface area (Å²) >= 11 is 0. The van der Waals surface area contributed by atoms with Gasteiger partial charge in [-0.25, -0.2) is 4.79 Å². The summed E-state index contributed by atoms with van der Waals surface area (Å²) in [6, 6.07) is 7.98. The molecule has 0 aliphatic carbocycles. The number of hydrogen-bond donors (Lipinski definition) is 2. The predicted molar refractivity (Wildman–Crippen MR) is 81.8 cm³/mol. The molecule has 1 amide bonds. The molecule has 1 heterocycles. The van der Waals surface area contributed by atoms with Gasteiger partial charge in [-0.05, 0) is 38.5 Å². The van der Waals surface area contributed by atoms with Crippen LogP contribution >= 0.6 is 0 Å². The van der Waals surface area contributed by atoms with Crippen LogP contribution in [0.2, 0.25) is 0 Å². The molecule has 1 aromatic carbocycles. The molecule has 5 heteroatoms. The molecule has 2 rings (SSSR count). The molecular formula is C16H24N2O3. The second kappa shape index (κ2) is 6.35. The lowest BCUT2D eigenvalue weighted by molar-refractivity contribution is 0.0504. The van der Waals surface area contributed by atoms with Crippen molar-refractivity contribution >= 4 is 6.09 Å². The summed E-state index contributed by atoms with van der Waals surface area (Å²) in [4.78, 5) is 11.9. The molecule has 21 heavy (non-hydrogen) atoms. The summed E-state index contributed by atoms with van der Waals surface area (Å²) in [7, 11) is 1.66. The summed E-state index contributed by atoms with van der Waals surface area (Å²) in [5.74, 6) is 1.04. The van der Waals surface area contributed by atoms with Gasteiger partial charge in [0.25, 0.3) is 0 Å². The molecule has 2 N–H and O–H groups in total. The Labute approximate surface area is 126 Å². The second-order valence-corrected chi connectivity index (χ2v) is 6.29. The zero-order valence-corrected chi connectivity index (χ0v) is 13.1. The lowest BCUT2D eigenvalue weighted by Gasteiger charge is -2.24. The van der Waals surface area contributed by atoms with Gasteiger partial charge in [-0.2, -0.15) is 0 Å². The van der Waals surface area contributed by atoms with E-state index >= 15 is 0 Å². The molecule has 5 nitrogen and oxygen atoms in total. The van der Waals surface area contributed by atoms with E-state index < -0.39 is 5.60 Å². The number of ether oxygens (including phenoxy) is 2. The minimum atomic E-state index is -0.485. The number of benzene rings is 1. The van der Waals surface area contributed by atoms with Crippen LogP contribution < -0.4 is 15.4 Å². The van der Waals surface area contributed by atoms with E-state index in [0.29, 0.717) is 0 Å². The van der Waals surface area contributed by atoms with Crippen LogP contribution in [-0.4, -0.2) is 37.9 Å². The van der Waals surface area contributed by atoms with E-state index in [1.165, 1.54) is 0 Å². The third kappa shape index (κ3) is 4.36. The fourth-order valence-corrected chi connectivity index (χ4v) is 2.51. The van der Waals surface area contributed by atoms with Crippen LogP contribution in [0.25, 0.3) is 0 Å². The maximum absolute atomic E-state index is 11.9. The Bertz CT molecular complexity index is 497. The normalized spacial score (nSPS) is 21.9. The molecule has 116 valence electrons. The lowest BCUT2D eigenvalue weighted by atomic mass is 9.94. The number of hydrogen-bond acceptors (Lipinski definition) is 4. The smallest absolute Gasteiger partial charge is 0.407 e. The predicted octanol–water partition coefficient (Wildman–Crippen LogP) is 2.28. The van der Waals surface area contributed by atoms with E-state index in [4.69, 9.17) is 9.47 Å². The number of methoxy groups -OCH3 is 1. The summed E-state index contributed by atoms with van der Waals surface area (Å²) in [6.07, 6.45) is -0.371.